The molecule has 1 atom stereocenters. The van der Waals surface area contributed by atoms with Crippen molar-refractivity contribution in [1.82, 2.24) is 4.90 Å². The summed E-state index contributed by atoms with van der Waals surface area (Å²) in [5.41, 5.74) is 7.15. The Morgan fingerprint density at radius 3 is 2.70 bits per heavy atom. The highest BCUT2D eigenvalue weighted by atomic mass is 15.2. The highest BCUT2D eigenvalue weighted by molar-refractivity contribution is 6.01. The average molecular weight is 400 g/mol. The molecule has 0 saturated carbocycles. The standard InChI is InChI=1S/C27H33N3/c1-4-27(25-14-10-21(2)11-15-25)29-22(3)12-13-23-7-5-8-24(19-23)20-30-18-6-9-26(30)16-17-28/h5,7-8,10-11,14-15,19,26H,3-4,6,9,12-13,16,18,20H2,1-2H3. The van der Waals surface area contributed by atoms with Crippen molar-refractivity contribution in [3.8, 4) is 6.07 Å². The molecule has 1 fully saturated rings. The van der Waals surface area contributed by atoms with E-state index in [4.69, 9.17) is 10.3 Å². The molecule has 0 spiro atoms. The average Bonchev–Trinajstić information content (AvgIpc) is 3.18. The first kappa shape index (κ1) is 22.0. The van der Waals surface area contributed by atoms with Gasteiger partial charge >= 0.3 is 0 Å². The van der Waals surface area contributed by atoms with Gasteiger partial charge in [-0.1, -0.05) is 67.6 Å². The number of nitrogens with zero attached hydrogens (tertiary/aromatic N) is 3. The van der Waals surface area contributed by atoms with Crippen molar-refractivity contribution in [3.05, 3.63) is 83.1 Å². The Morgan fingerprint density at radius 1 is 1.20 bits per heavy atom. The first-order valence-corrected chi connectivity index (χ1v) is 11.1. The molecule has 1 aliphatic rings. The van der Waals surface area contributed by atoms with Crippen LogP contribution in [0.25, 0.3) is 0 Å². The van der Waals surface area contributed by atoms with Gasteiger partial charge in [0.1, 0.15) is 0 Å². The van der Waals surface area contributed by atoms with Crippen molar-refractivity contribution < 1.29 is 0 Å². The lowest BCUT2D eigenvalue weighted by molar-refractivity contribution is 0.248. The van der Waals surface area contributed by atoms with Crippen LogP contribution in [0.4, 0.5) is 0 Å². The lowest BCUT2D eigenvalue weighted by Gasteiger charge is -2.22. The van der Waals surface area contributed by atoms with Crippen molar-refractivity contribution in [3.63, 3.8) is 0 Å². The number of hydrogen-bond donors (Lipinski definition) is 0. The van der Waals surface area contributed by atoms with Crippen molar-refractivity contribution >= 4 is 5.71 Å². The Hall–Kier alpha value is -2.70. The maximum Gasteiger partial charge on any atom is 0.0638 e. The number of hydrogen-bond acceptors (Lipinski definition) is 3. The van der Waals surface area contributed by atoms with E-state index in [-0.39, 0.29) is 0 Å². The Bertz CT molecular complexity index is 918. The van der Waals surface area contributed by atoms with Gasteiger partial charge in [0.2, 0.25) is 0 Å². The zero-order valence-corrected chi connectivity index (χ0v) is 18.4. The number of aryl methyl sites for hydroxylation is 2. The summed E-state index contributed by atoms with van der Waals surface area (Å²) in [4.78, 5) is 7.29. The topological polar surface area (TPSA) is 39.4 Å². The van der Waals surface area contributed by atoms with Crippen LogP contribution in [0.15, 0.2) is 65.8 Å². The van der Waals surface area contributed by atoms with E-state index in [1.54, 1.807) is 0 Å². The van der Waals surface area contributed by atoms with Gasteiger partial charge in [-0.2, -0.15) is 5.26 Å². The summed E-state index contributed by atoms with van der Waals surface area (Å²) in [6, 6.07) is 20.2. The molecular formula is C27H33N3. The highest BCUT2D eigenvalue weighted by Crippen LogP contribution is 2.23. The monoisotopic (exact) mass is 399 g/mol. The zero-order valence-electron chi connectivity index (χ0n) is 18.4. The van der Waals surface area contributed by atoms with Gasteiger partial charge in [0.25, 0.3) is 0 Å². The van der Waals surface area contributed by atoms with Crippen molar-refractivity contribution in [2.75, 3.05) is 6.54 Å². The minimum atomic E-state index is 0.419. The number of benzene rings is 2. The molecule has 0 amide bonds. The third-order valence-corrected chi connectivity index (χ3v) is 5.92. The van der Waals surface area contributed by atoms with E-state index < -0.39 is 0 Å². The van der Waals surface area contributed by atoms with E-state index >= 15 is 0 Å². The second kappa shape index (κ2) is 10.9. The Labute approximate surface area is 181 Å². The molecule has 1 saturated heterocycles. The smallest absolute Gasteiger partial charge is 0.0638 e. The Morgan fingerprint density at radius 2 is 1.97 bits per heavy atom. The van der Waals surface area contributed by atoms with Crippen LogP contribution < -0.4 is 0 Å². The highest BCUT2D eigenvalue weighted by Gasteiger charge is 2.23. The maximum atomic E-state index is 9.05. The number of likely N-dealkylation sites (tertiary alicyclic amines) is 1. The van der Waals surface area contributed by atoms with E-state index in [1.165, 1.54) is 28.7 Å². The molecule has 0 aromatic heterocycles. The van der Waals surface area contributed by atoms with Gasteiger partial charge in [-0.25, -0.2) is 0 Å². The third-order valence-electron chi connectivity index (χ3n) is 5.92. The summed E-state index contributed by atoms with van der Waals surface area (Å²) in [6.45, 7) is 10.5. The summed E-state index contributed by atoms with van der Waals surface area (Å²) < 4.78 is 0. The Kier molecular flexibility index (Phi) is 7.99. The molecule has 0 bridgehead atoms. The van der Waals surface area contributed by atoms with Crippen LogP contribution in [-0.2, 0) is 13.0 Å². The van der Waals surface area contributed by atoms with Gasteiger partial charge in [-0.15, -0.1) is 0 Å². The van der Waals surface area contributed by atoms with Crippen LogP contribution in [0.3, 0.4) is 0 Å². The van der Waals surface area contributed by atoms with E-state index in [1.807, 2.05) is 0 Å². The lowest BCUT2D eigenvalue weighted by Crippen LogP contribution is -2.28. The molecule has 0 radical (unpaired) electrons. The van der Waals surface area contributed by atoms with Crippen LogP contribution >= 0.6 is 0 Å². The molecule has 1 aliphatic heterocycles. The van der Waals surface area contributed by atoms with Crippen molar-refractivity contribution in [1.29, 1.82) is 5.26 Å². The SMILES string of the molecule is C=C(CCc1cccc(CN2CCCC2CC#N)c1)N=C(CC)c1ccc(C)cc1. The summed E-state index contributed by atoms with van der Waals surface area (Å²) in [6.07, 6.45) is 5.69. The quantitative estimate of drug-likeness (QED) is 0.470. The largest absolute Gasteiger partial charge is 0.295 e. The minimum Gasteiger partial charge on any atom is -0.295 e. The Balaban J connectivity index is 1.59. The molecule has 3 rings (SSSR count). The van der Waals surface area contributed by atoms with Gasteiger partial charge in [0.15, 0.2) is 0 Å². The van der Waals surface area contributed by atoms with Crippen LogP contribution in [0.1, 0.15) is 61.3 Å². The molecule has 3 heteroatoms. The van der Waals surface area contributed by atoms with E-state index in [2.05, 4.69) is 79.9 Å². The molecule has 0 N–H and O–H groups in total. The predicted molar refractivity (Wildman–Crippen MR) is 126 cm³/mol. The number of aliphatic imine (C=N–C) groups is 1. The molecule has 1 unspecified atom stereocenters. The fourth-order valence-electron chi connectivity index (χ4n) is 4.19. The molecule has 3 nitrogen and oxygen atoms in total. The lowest BCUT2D eigenvalue weighted by atomic mass is 10.0. The van der Waals surface area contributed by atoms with Crippen LogP contribution in [0.5, 0.6) is 0 Å². The molecule has 30 heavy (non-hydrogen) atoms. The van der Waals surface area contributed by atoms with E-state index in [0.29, 0.717) is 12.5 Å². The molecular weight excluding hydrogens is 366 g/mol. The summed E-state index contributed by atoms with van der Waals surface area (Å²) in [7, 11) is 0. The van der Waals surface area contributed by atoms with Crippen LogP contribution in [0.2, 0.25) is 0 Å². The van der Waals surface area contributed by atoms with Gasteiger partial charge in [0, 0.05) is 24.0 Å². The van der Waals surface area contributed by atoms with Crippen LogP contribution in [0, 0.1) is 18.3 Å². The fourth-order valence-corrected chi connectivity index (χ4v) is 4.19. The number of nitriles is 1. The van der Waals surface area contributed by atoms with Gasteiger partial charge in [-0.05, 0) is 62.3 Å². The predicted octanol–water partition coefficient (Wildman–Crippen LogP) is 6.22. The zero-order chi connectivity index (χ0) is 21.3. The maximum absolute atomic E-state index is 9.05. The molecule has 2 aromatic carbocycles. The summed E-state index contributed by atoms with van der Waals surface area (Å²) in [5.74, 6) is 0. The van der Waals surface area contributed by atoms with Crippen molar-refractivity contribution in [2.24, 2.45) is 4.99 Å². The van der Waals surface area contributed by atoms with E-state index in [9.17, 15) is 0 Å². The normalized spacial score (nSPS) is 17.1. The van der Waals surface area contributed by atoms with Crippen LogP contribution in [-0.4, -0.2) is 23.2 Å². The first-order chi connectivity index (χ1) is 14.6. The second-order valence-electron chi connectivity index (χ2n) is 8.29. The molecule has 0 aliphatic carbocycles. The van der Waals surface area contributed by atoms with Gasteiger partial charge < -0.3 is 0 Å². The molecule has 156 valence electrons. The summed E-state index contributed by atoms with van der Waals surface area (Å²) >= 11 is 0. The third kappa shape index (κ3) is 6.15. The minimum absolute atomic E-state index is 0.419. The molecule has 1 heterocycles. The second-order valence-corrected chi connectivity index (χ2v) is 8.29. The summed E-state index contributed by atoms with van der Waals surface area (Å²) in [5, 5.41) is 9.05. The number of rotatable bonds is 9. The van der Waals surface area contributed by atoms with Gasteiger partial charge in [0.05, 0.1) is 12.5 Å². The van der Waals surface area contributed by atoms with Gasteiger partial charge in [-0.3, -0.25) is 9.89 Å². The first-order valence-electron chi connectivity index (χ1n) is 11.1. The molecule has 2 aromatic rings. The number of allylic oxidation sites excluding steroid dienone is 1. The fraction of sp³-hybridized carbons (Fsp3) is 0.407. The van der Waals surface area contributed by atoms with Crippen molar-refractivity contribution in [2.45, 2.75) is 65.0 Å². The van der Waals surface area contributed by atoms with E-state index in [0.717, 1.165) is 50.2 Å².